The van der Waals surface area contributed by atoms with E-state index in [-0.39, 0.29) is 23.8 Å². The molecule has 2 aromatic rings. The lowest BCUT2D eigenvalue weighted by Crippen LogP contribution is -2.45. The molecule has 2 N–H and O–H groups in total. The van der Waals surface area contributed by atoms with E-state index in [4.69, 9.17) is 4.42 Å². The SMILES string of the molecule is CNC(=O)[C@@H]1CN(C)C[C@@H]1NC(=O)c1ccc2oc(C)cc2c1. The van der Waals surface area contributed by atoms with Crippen LogP contribution in [0.25, 0.3) is 11.0 Å². The molecule has 1 aromatic heterocycles. The van der Waals surface area contributed by atoms with Gasteiger partial charge >= 0.3 is 0 Å². The summed E-state index contributed by atoms with van der Waals surface area (Å²) in [6.07, 6.45) is 0. The maximum absolute atomic E-state index is 12.5. The second kappa shape index (κ2) is 6.04. The normalized spacial score (nSPS) is 21.5. The zero-order valence-electron chi connectivity index (χ0n) is 13.6. The maximum Gasteiger partial charge on any atom is 0.251 e. The Morgan fingerprint density at radius 2 is 2.04 bits per heavy atom. The number of nitrogens with zero attached hydrogens (tertiary/aromatic N) is 1. The predicted molar refractivity (Wildman–Crippen MR) is 87.3 cm³/mol. The fourth-order valence-electron chi connectivity index (χ4n) is 3.17. The third-order valence-electron chi connectivity index (χ3n) is 4.30. The van der Waals surface area contributed by atoms with Gasteiger partial charge in [-0.25, -0.2) is 0 Å². The fraction of sp³-hybridized carbons (Fsp3) is 0.412. The van der Waals surface area contributed by atoms with E-state index in [0.29, 0.717) is 18.7 Å². The number of hydrogen-bond acceptors (Lipinski definition) is 4. The van der Waals surface area contributed by atoms with Gasteiger partial charge in [0.25, 0.3) is 5.91 Å². The molecule has 0 radical (unpaired) electrons. The third kappa shape index (κ3) is 3.07. The van der Waals surface area contributed by atoms with Crippen molar-refractivity contribution in [1.82, 2.24) is 15.5 Å². The van der Waals surface area contributed by atoms with E-state index in [1.165, 1.54) is 0 Å². The number of aryl methyl sites for hydroxylation is 1. The summed E-state index contributed by atoms with van der Waals surface area (Å²) in [5.74, 6) is 0.379. The molecule has 3 rings (SSSR count). The molecule has 0 spiro atoms. The molecule has 1 aromatic carbocycles. The van der Waals surface area contributed by atoms with Gasteiger partial charge in [-0.15, -0.1) is 0 Å². The number of likely N-dealkylation sites (N-methyl/N-ethyl adjacent to an activating group) is 1. The van der Waals surface area contributed by atoms with Gasteiger partial charge in [0.1, 0.15) is 11.3 Å². The Morgan fingerprint density at radius 3 is 2.78 bits per heavy atom. The molecule has 0 aliphatic carbocycles. The second-order valence-corrected chi connectivity index (χ2v) is 6.13. The number of furan rings is 1. The van der Waals surface area contributed by atoms with Crippen molar-refractivity contribution in [3.8, 4) is 0 Å². The Morgan fingerprint density at radius 1 is 1.26 bits per heavy atom. The van der Waals surface area contributed by atoms with Crippen LogP contribution in [0.4, 0.5) is 0 Å². The molecule has 1 aliphatic heterocycles. The molecule has 2 atom stereocenters. The Bertz CT molecular complexity index is 753. The van der Waals surface area contributed by atoms with Crippen molar-refractivity contribution in [2.75, 3.05) is 27.2 Å². The van der Waals surface area contributed by atoms with Crippen LogP contribution < -0.4 is 10.6 Å². The second-order valence-electron chi connectivity index (χ2n) is 6.13. The first-order valence-electron chi connectivity index (χ1n) is 7.69. The number of nitrogens with one attached hydrogen (secondary N) is 2. The average Bonchev–Trinajstić information content (AvgIpc) is 3.07. The van der Waals surface area contributed by atoms with Crippen molar-refractivity contribution in [1.29, 1.82) is 0 Å². The van der Waals surface area contributed by atoms with Crippen LogP contribution in [0.15, 0.2) is 28.7 Å². The molecule has 2 amide bonds. The summed E-state index contributed by atoms with van der Waals surface area (Å²) in [4.78, 5) is 26.5. The topological polar surface area (TPSA) is 74.6 Å². The van der Waals surface area contributed by atoms with Gasteiger partial charge in [-0.3, -0.25) is 9.59 Å². The van der Waals surface area contributed by atoms with Crippen LogP contribution in [0, 0.1) is 12.8 Å². The lowest BCUT2D eigenvalue weighted by molar-refractivity contribution is -0.124. The van der Waals surface area contributed by atoms with Crippen LogP contribution >= 0.6 is 0 Å². The minimum atomic E-state index is -0.228. The summed E-state index contributed by atoms with van der Waals surface area (Å²) in [5, 5.41) is 6.56. The van der Waals surface area contributed by atoms with Gasteiger partial charge in [0.15, 0.2) is 0 Å². The van der Waals surface area contributed by atoms with Crippen molar-refractivity contribution in [2.45, 2.75) is 13.0 Å². The minimum absolute atomic E-state index is 0.0411. The molecule has 1 fully saturated rings. The molecule has 1 aliphatic rings. The van der Waals surface area contributed by atoms with Gasteiger partial charge in [0.05, 0.1) is 12.0 Å². The molecule has 0 bridgehead atoms. The fourth-order valence-corrected chi connectivity index (χ4v) is 3.17. The number of rotatable bonds is 3. The van der Waals surface area contributed by atoms with Crippen molar-refractivity contribution in [3.05, 3.63) is 35.6 Å². The van der Waals surface area contributed by atoms with Gasteiger partial charge in [-0.05, 0) is 38.2 Å². The lowest BCUT2D eigenvalue weighted by Gasteiger charge is -2.18. The highest BCUT2D eigenvalue weighted by Gasteiger charge is 2.36. The molecule has 1 saturated heterocycles. The van der Waals surface area contributed by atoms with Gasteiger partial charge < -0.3 is 20.0 Å². The number of likely N-dealkylation sites (tertiary alicyclic amines) is 1. The van der Waals surface area contributed by atoms with Crippen molar-refractivity contribution < 1.29 is 14.0 Å². The number of carbonyl (C=O) groups excluding carboxylic acids is 2. The highest BCUT2D eigenvalue weighted by Crippen LogP contribution is 2.21. The van der Waals surface area contributed by atoms with E-state index in [1.54, 1.807) is 19.2 Å². The smallest absolute Gasteiger partial charge is 0.251 e. The summed E-state index contributed by atoms with van der Waals surface area (Å²) >= 11 is 0. The zero-order chi connectivity index (χ0) is 16.6. The van der Waals surface area contributed by atoms with Crippen molar-refractivity contribution >= 4 is 22.8 Å². The number of hydrogen-bond donors (Lipinski definition) is 2. The van der Waals surface area contributed by atoms with Crippen molar-refractivity contribution in [2.24, 2.45) is 5.92 Å². The van der Waals surface area contributed by atoms with Gasteiger partial charge in [0, 0.05) is 31.1 Å². The minimum Gasteiger partial charge on any atom is -0.461 e. The Kier molecular flexibility index (Phi) is 4.09. The summed E-state index contributed by atoms with van der Waals surface area (Å²) in [6, 6.07) is 7.08. The number of amides is 2. The zero-order valence-corrected chi connectivity index (χ0v) is 13.6. The first-order chi connectivity index (χ1) is 11.0. The monoisotopic (exact) mass is 315 g/mol. The molecule has 2 heterocycles. The summed E-state index contributed by atoms with van der Waals surface area (Å²) < 4.78 is 5.52. The summed E-state index contributed by atoms with van der Waals surface area (Å²) in [7, 11) is 3.57. The number of benzene rings is 1. The third-order valence-corrected chi connectivity index (χ3v) is 4.30. The van der Waals surface area contributed by atoms with E-state index in [2.05, 4.69) is 10.6 Å². The molecule has 6 heteroatoms. The molecular formula is C17H21N3O3. The highest BCUT2D eigenvalue weighted by atomic mass is 16.3. The average molecular weight is 315 g/mol. The summed E-state index contributed by atoms with van der Waals surface area (Å²) in [6.45, 7) is 3.18. The Labute approximate surface area is 134 Å². The molecule has 6 nitrogen and oxygen atoms in total. The van der Waals surface area contributed by atoms with Gasteiger partial charge in [0.2, 0.25) is 5.91 Å². The number of carbonyl (C=O) groups is 2. The molecule has 122 valence electrons. The summed E-state index contributed by atoms with van der Waals surface area (Å²) in [5.41, 5.74) is 1.34. The van der Waals surface area contributed by atoms with Crippen LogP contribution in [0.3, 0.4) is 0 Å². The maximum atomic E-state index is 12.5. The van der Waals surface area contributed by atoms with Gasteiger partial charge in [-0.1, -0.05) is 0 Å². The van der Waals surface area contributed by atoms with E-state index in [9.17, 15) is 9.59 Å². The first-order valence-corrected chi connectivity index (χ1v) is 7.69. The Hall–Kier alpha value is -2.34. The quantitative estimate of drug-likeness (QED) is 0.891. The molecule has 0 unspecified atom stereocenters. The molecule has 0 saturated carbocycles. The molecule has 23 heavy (non-hydrogen) atoms. The Balaban J connectivity index is 1.77. The lowest BCUT2D eigenvalue weighted by atomic mass is 10.0. The van der Waals surface area contributed by atoms with Crippen LogP contribution in [0.5, 0.6) is 0 Å². The predicted octanol–water partition coefficient (Wildman–Crippen LogP) is 1.15. The standard InChI is InChI=1S/C17H21N3O3/c1-10-6-12-7-11(4-5-15(12)23-10)16(21)19-14-9-20(3)8-13(14)17(22)18-2/h4-7,13-14H,8-9H2,1-3H3,(H,18,22)(H,19,21)/t13-,14+/m1/s1. The van der Waals surface area contributed by atoms with Crippen LogP contribution in [0.2, 0.25) is 0 Å². The van der Waals surface area contributed by atoms with Crippen LogP contribution in [-0.4, -0.2) is 49.9 Å². The first kappa shape index (κ1) is 15.6. The largest absolute Gasteiger partial charge is 0.461 e. The van der Waals surface area contributed by atoms with E-state index >= 15 is 0 Å². The van der Waals surface area contributed by atoms with E-state index in [1.807, 2.05) is 31.0 Å². The van der Waals surface area contributed by atoms with Crippen LogP contribution in [0.1, 0.15) is 16.1 Å². The van der Waals surface area contributed by atoms with Crippen LogP contribution in [-0.2, 0) is 4.79 Å². The molecular weight excluding hydrogens is 294 g/mol. The van der Waals surface area contributed by atoms with Crippen molar-refractivity contribution in [3.63, 3.8) is 0 Å². The van der Waals surface area contributed by atoms with E-state index in [0.717, 1.165) is 16.7 Å². The highest BCUT2D eigenvalue weighted by molar-refractivity contribution is 5.98. The number of fused-ring (bicyclic) bond motifs is 1. The van der Waals surface area contributed by atoms with E-state index < -0.39 is 0 Å². The van der Waals surface area contributed by atoms with Gasteiger partial charge in [-0.2, -0.15) is 0 Å².